The van der Waals surface area contributed by atoms with Crippen LogP contribution >= 0.6 is 11.6 Å². The van der Waals surface area contributed by atoms with Crippen LogP contribution < -0.4 is 14.8 Å². The molecule has 24 heavy (non-hydrogen) atoms. The summed E-state index contributed by atoms with van der Waals surface area (Å²) in [6.07, 6.45) is 0. The van der Waals surface area contributed by atoms with Gasteiger partial charge in [-0.2, -0.15) is 0 Å². The second kappa shape index (κ2) is 7.86. The number of nitrogens with one attached hydrogen (secondary N) is 1. The highest BCUT2D eigenvalue weighted by atomic mass is 35.5. The van der Waals surface area contributed by atoms with E-state index in [9.17, 15) is 4.39 Å². The molecule has 130 valence electrons. The van der Waals surface area contributed by atoms with Crippen LogP contribution in [0.5, 0.6) is 11.5 Å². The van der Waals surface area contributed by atoms with Gasteiger partial charge in [0.25, 0.3) is 0 Å². The zero-order valence-corrected chi connectivity index (χ0v) is 15.2. The maximum Gasteiger partial charge on any atom is 0.166 e. The van der Waals surface area contributed by atoms with E-state index in [-0.39, 0.29) is 18.0 Å². The van der Waals surface area contributed by atoms with E-state index >= 15 is 0 Å². The Morgan fingerprint density at radius 1 is 1.12 bits per heavy atom. The van der Waals surface area contributed by atoms with Gasteiger partial charge in [-0.3, -0.25) is 0 Å². The summed E-state index contributed by atoms with van der Waals surface area (Å²) in [5.41, 5.74) is 1.24. The average Bonchev–Trinajstić information content (AvgIpc) is 2.52. The monoisotopic (exact) mass is 351 g/mol. The van der Waals surface area contributed by atoms with E-state index in [2.05, 4.69) is 26.1 Å². The summed E-state index contributed by atoms with van der Waals surface area (Å²) < 4.78 is 25.2. The number of hydrogen-bond donors (Lipinski definition) is 1. The highest BCUT2D eigenvalue weighted by molar-refractivity contribution is 6.31. The first-order valence-electron chi connectivity index (χ1n) is 7.78. The van der Waals surface area contributed by atoms with Gasteiger partial charge in [-0.15, -0.1) is 0 Å². The van der Waals surface area contributed by atoms with Crippen molar-refractivity contribution in [2.75, 3.05) is 7.11 Å². The van der Waals surface area contributed by atoms with Gasteiger partial charge in [0.1, 0.15) is 12.4 Å². The zero-order valence-electron chi connectivity index (χ0n) is 14.5. The fourth-order valence-corrected chi connectivity index (χ4v) is 2.42. The van der Waals surface area contributed by atoms with E-state index in [1.54, 1.807) is 19.2 Å². The molecule has 3 nitrogen and oxygen atoms in total. The topological polar surface area (TPSA) is 30.5 Å². The molecule has 0 unspecified atom stereocenters. The largest absolute Gasteiger partial charge is 0.493 e. The Morgan fingerprint density at radius 3 is 2.46 bits per heavy atom. The first-order valence-corrected chi connectivity index (χ1v) is 8.16. The number of ether oxygens (including phenoxy) is 2. The molecule has 2 rings (SSSR count). The van der Waals surface area contributed by atoms with Crippen molar-refractivity contribution in [1.82, 2.24) is 5.32 Å². The predicted molar refractivity (Wildman–Crippen MR) is 95.3 cm³/mol. The van der Waals surface area contributed by atoms with Crippen molar-refractivity contribution in [3.63, 3.8) is 0 Å². The molecule has 0 amide bonds. The van der Waals surface area contributed by atoms with E-state index in [1.165, 1.54) is 6.07 Å². The third kappa shape index (κ3) is 4.86. The summed E-state index contributed by atoms with van der Waals surface area (Å²) >= 11 is 6.07. The third-order valence-corrected chi connectivity index (χ3v) is 3.87. The lowest BCUT2D eigenvalue weighted by atomic mass is 10.1. The lowest BCUT2D eigenvalue weighted by molar-refractivity contribution is 0.274. The molecule has 0 aromatic heterocycles. The Hall–Kier alpha value is -1.78. The molecule has 0 aliphatic carbocycles. The molecule has 1 N–H and O–H groups in total. The fraction of sp³-hybridized carbons (Fsp3) is 0.368. The smallest absolute Gasteiger partial charge is 0.166 e. The number of halogens is 2. The summed E-state index contributed by atoms with van der Waals surface area (Å²) in [6.45, 7) is 6.92. The van der Waals surface area contributed by atoms with Crippen LogP contribution in [0.4, 0.5) is 4.39 Å². The Labute approximate surface area is 147 Å². The summed E-state index contributed by atoms with van der Waals surface area (Å²) in [5.74, 6) is 0.818. The molecule has 0 heterocycles. The van der Waals surface area contributed by atoms with E-state index < -0.39 is 0 Å². The van der Waals surface area contributed by atoms with Crippen LogP contribution in [0.25, 0.3) is 0 Å². The van der Waals surface area contributed by atoms with Crippen LogP contribution in [0.1, 0.15) is 31.9 Å². The van der Waals surface area contributed by atoms with E-state index in [0.29, 0.717) is 28.6 Å². The minimum absolute atomic E-state index is 0.0325. The van der Waals surface area contributed by atoms with E-state index in [1.807, 2.05) is 18.2 Å². The average molecular weight is 352 g/mol. The Kier molecular flexibility index (Phi) is 6.08. The minimum atomic E-state index is -0.383. The molecule has 0 spiro atoms. The SMILES string of the molecule is COc1cccc(CNC(C)(C)C)c1OCc1c(F)cccc1Cl. The van der Waals surface area contributed by atoms with Crippen LogP contribution in [0.3, 0.4) is 0 Å². The molecule has 0 radical (unpaired) electrons. The van der Waals surface area contributed by atoms with Crippen molar-refractivity contribution in [3.8, 4) is 11.5 Å². The molecular formula is C19H23ClFNO2. The number of hydrogen-bond acceptors (Lipinski definition) is 3. The highest BCUT2D eigenvalue weighted by Gasteiger charge is 2.16. The van der Waals surface area contributed by atoms with Crippen molar-refractivity contribution in [2.45, 2.75) is 39.5 Å². The highest BCUT2D eigenvalue weighted by Crippen LogP contribution is 2.33. The standard InChI is InChI=1S/C19H23ClFNO2/c1-19(2,3)22-11-13-7-5-10-17(23-4)18(13)24-12-14-15(20)8-6-9-16(14)21/h5-10,22H,11-12H2,1-4H3. The molecule has 0 aliphatic heterocycles. The van der Waals surface area contributed by atoms with Crippen LogP contribution in [0, 0.1) is 5.82 Å². The Morgan fingerprint density at radius 2 is 1.83 bits per heavy atom. The second-order valence-corrected chi connectivity index (χ2v) is 6.95. The van der Waals surface area contributed by atoms with Crippen molar-refractivity contribution < 1.29 is 13.9 Å². The number of para-hydroxylation sites is 1. The van der Waals surface area contributed by atoms with Crippen molar-refractivity contribution >= 4 is 11.6 Å². The Bertz CT molecular complexity index is 678. The quantitative estimate of drug-likeness (QED) is 0.798. The van der Waals surface area contributed by atoms with Gasteiger partial charge in [0.2, 0.25) is 0 Å². The van der Waals surface area contributed by atoms with Crippen molar-refractivity contribution in [1.29, 1.82) is 0 Å². The molecule has 0 bridgehead atoms. The molecule has 5 heteroatoms. The Balaban J connectivity index is 2.24. The van der Waals surface area contributed by atoms with E-state index in [0.717, 1.165) is 5.56 Å². The molecular weight excluding hydrogens is 329 g/mol. The third-order valence-electron chi connectivity index (χ3n) is 3.51. The van der Waals surface area contributed by atoms with Gasteiger partial charge in [0.15, 0.2) is 11.5 Å². The van der Waals surface area contributed by atoms with Gasteiger partial charge in [-0.25, -0.2) is 4.39 Å². The fourth-order valence-electron chi connectivity index (χ4n) is 2.20. The van der Waals surface area contributed by atoms with Crippen LogP contribution in [-0.2, 0) is 13.2 Å². The van der Waals surface area contributed by atoms with E-state index in [4.69, 9.17) is 21.1 Å². The lowest BCUT2D eigenvalue weighted by Gasteiger charge is -2.22. The number of methoxy groups -OCH3 is 1. The summed E-state index contributed by atoms with van der Waals surface area (Å²) in [6, 6.07) is 10.3. The van der Waals surface area contributed by atoms with Gasteiger partial charge in [0.05, 0.1) is 12.1 Å². The zero-order chi connectivity index (χ0) is 17.7. The maximum atomic E-state index is 13.9. The summed E-state index contributed by atoms with van der Waals surface area (Å²) in [5, 5.41) is 3.76. The number of rotatable bonds is 6. The summed E-state index contributed by atoms with van der Waals surface area (Å²) in [4.78, 5) is 0. The second-order valence-electron chi connectivity index (χ2n) is 6.54. The van der Waals surface area contributed by atoms with Crippen molar-refractivity contribution in [3.05, 3.63) is 58.4 Å². The molecule has 0 fully saturated rings. The molecule has 0 saturated heterocycles. The van der Waals surface area contributed by atoms with Crippen LogP contribution in [0.15, 0.2) is 36.4 Å². The predicted octanol–water partition coefficient (Wildman–Crippen LogP) is 4.95. The minimum Gasteiger partial charge on any atom is -0.493 e. The molecule has 0 saturated carbocycles. The molecule has 0 atom stereocenters. The molecule has 0 aliphatic rings. The molecule has 2 aromatic carbocycles. The van der Waals surface area contributed by atoms with Crippen molar-refractivity contribution in [2.24, 2.45) is 0 Å². The normalized spacial score (nSPS) is 11.4. The maximum absolute atomic E-state index is 13.9. The lowest BCUT2D eigenvalue weighted by Crippen LogP contribution is -2.35. The van der Waals surface area contributed by atoms with Gasteiger partial charge in [-0.1, -0.05) is 29.8 Å². The number of benzene rings is 2. The first kappa shape index (κ1) is 18.6. The summed E-state index contributed by atoms with van der Waals surface area (Å²) in [7, 11) is 1.58. The first-order chi connectivity index (χ1) is 11.3. The molecule has 2 aromatic rings. The van der Waals surface area contributed by atoms with Crippen LogP contribution in [0.2, 0.25) is 5.02 Å². The van der Waals surface area contributed by atoms with Gasteiger partial charge < -0.3 is 14.8 Å². The van der Waals surface area contributed by atoms with Gasteiger partial charge in [0, 0.05) is 23.2 Å². The van der Waals surface area contributed by atoms with Gasteiger partial charge in [-0.05, 0) is 39.0 Å². The van der Waals surface area contributed by atoms with Crippen LogP contribution in [-0.4, -0.2) is 12.6 Å². The van der Waals surface area contributed by atoms with Gasteiger partial charge >= 0.3 is 0 Å².